The van der Waals surface area contributed by atoms with Gasteiger partial charge in [0.15, 0.2) is 11.0 Å². The minimum absolute atomic E-state index is 0.0254. The summed E-state index contributed by atoms with van der Waals surface area (Å²) < 4.78 is 0. The third-order valence-electron chi connectivity index (χ3n) is 3.45. The third-order valence-corrected chi connectivity index (χ3v) is 3.73. The summed E-state index contributed by atoms with van der Waals surface area (Å²) in [5, 5.41) is 33.3. The van der Waals surface area contributed by atoms with E-state index in [1.807, 2.05) is 24.3 Å². The third kappa shape index (κ3) is 2.89. The summed E-state index contributed by atoms with van der Waals surface area (Å²) in [5.74, 6) is 0.459. The van der Waals surface area contributed by atoms with Crippen LogP contribution in [0.15, 0.2) is 41.5 Å². The molecule has 0 radical (unpaired) electrons. The first-order chi connectivity index (χ1) is 11.1. The van der Waals surface area contributed by atoms with Crippen LogP contribution in [-0.4, -0.2) is 26.6 Å². The Balaban J connectivity index is 1.90. The number of nitrogens with zero attached hydrogens (tertiary/aromatic N) is 3. The van der Waals surface area contributed by atoms with E-state index in [1.165, 1.54) is 12.3 Å². The van der Waals surface area contributed by atoms with Crippen LogP contribution in [0.25, 0.3) is 10.8 Å². The van der Waals surface area contributed by atoms with Gasteiger partial charge in [-0.2, -0.15) is 5.10 Å². The summed E-state index contributed by atoms with van der Waals surface area (Å²) in [6.45, 7) is 1.62. The quantitative estimate of drug-likeness (QED) is 0.506. The molecule has 0 unspecified atom stereocenters. The molecule has 2 aromatic carbocycles. The van der Waals surface area contributed by atoms with Gasteiger partial charge in [-0.15, -0.1) is 10.2 Å². The van der Waals surface area contributed by atoms with Crippen LogP contribution in [0.5, 0.6) is 11.5 Å². The molecule has 0 saturated carbocycles. The maximum atomic E-state index is 9.96. The average molecular weight is 329 g/mol. The first-order valence-corrected chi connectivity index (χ1v) is 7.17. The lowest BCUT2D eigenvalue weighted by Crippen LogP contribution is -1.97. The van der Waals surface area contributed by atoms with Gasteiger partial charge < -0.3 is 10.2 Å². The lowest BCUT2D eigenvalue weighted by Gasteiger charge is -2.06. The van der Waals surface area contributed by atoms with Crippen molar-refractivity contribution in [3.05, 3.63) is 52.7 Å². The molecule has 23 heavy (non-hydrogen) atoms. The molecule has 116 valence electrons. The Hall–Kier alpha value is -2.86. The molecule has 0 aliphatic rings. The van der Waals surface area contributed by atoms with Gasteiger partial charge in [0.1, 0.15) is 11.5 Å². The fourth-order valence-corrected chi connectivity index (χ4v) is 2.33. The Labute approximate surface area is 137 Å². The first kappa shape index (κ1) is 15.1. The second-order valence-electron chi connectivity index (χ2n) is 4.90. The monoisotopic (exact) mass is 328 g/mol. The number of phenols is 2. The van der Waals surface area contributed by atoms with Gasteiger partial charge in [-0.1, -0.05) is 35.9 Å². The van der Waals surface area contributed by atoms with Gasteiger partial charge in [-0.25, -0.2) is 0 Å². The Morgan fingerprint density at radius 3 is 2.61 bits per heavy atom. The van der Waals surface area contributed by atoms with E-state index in [4.69, 9.17) is 11.6 Å². The highest BCUT2D eigenvalue weighted by Gasteiger charge is 2.08. The smallest absolute Gasteiger partial charge is 0.176 e. The normalized spacial score (nSPS) is 11.2. The van der Waals surface area contributed by atoms with Crippen molar-refractivity contribution in [1.29, 1.82) is 0 Å². The maximum Gasteiger partial charge on any atom is 0.176 e. The lowest BCUT2D eigenvalue weighted by molar-refractivity contribution is 0.443. The van der Waals surface area contributed by atoms with Crippen LogP contribution in [-0.2, 0) is 0 Å². The zero-order valence-electron chi connectivity index (χ0n) is 12.2. The van der Waals surface area contributed by atoms with Crippen molar-refractivity contribution in [2.45, 2.75) is 6.92 Å². The van der Waals surface area contributed by atoms with Crippen LogP contribution in [0.3, 0.4) is 0 Å². The number of hydrazone groups is 1. The van der Waals surface area contributed by atoms with Gasteiger partial charge >= 0.3 is 0 Å². The van der Waals surface area contributed by atoms with E-state index in [1.54, 1.807) is 13.0 Å². The molecule has 3 aromatic rings. The largest absolute Gasteiger partial charge is 0.508 e. The van der Waals surface area contributed by atoms with Crippen molar-refractivity contribution in [1.82, 2.24) is 10.2 Å². The number of phenolic OH excluding ortho intramolecular Hbond substituents is 2. The minimum Gasteiger partial charge on any atom is -0.508 e. The Morgan fingerprint density at radius 1 is 1.09 bits per heavy atom. The topological polar surface area (TPSA) is 90.6 Å². The number of rotatable bonds is 3. The number of aromatic hydroxyl groups is 2. The fourth-order valence-electron chi connectivity index (χ4n) is 2.13. The lowest BCUT2D eigenvalue weighted by atomic mass is 10.1. The number of benzene rings is 2. The molecule has 0 atom stereocenters. The van der Waals surface area contributed by atoms with E-state index >= 15 is 0 Å². The fraction of sp³-hybridized carbons (Fsp3) is 0.0625. The number of fused-ring (bicyclic) bond motifs is 1. The Morgan fingerprint density at radius 2 is 1.83 bits per heavy atom. The van der Waals surface area contributed by atoms with Crippen LogP contribution in [0.1, 0.15) is 11.1 Å². The highest BCUT2D eigenvalue weighted by atomic mass is 35.5. The van der Waals surface area contributed by atoms with E-state index in [-0.39, 0.29) is 11.5 Å². The van der Waals surface area contributed by atoms with Crippen molar-refractivity contribution >= 4 is 34.4 Å². The number of anilines is 1. The summed E-state index contributed by atoms with van der Waals surface area (Å²) in [4.78, 5) is 0. The number of hydrogen-bond donors (Lipinski definition) is 3. The van der Waals surface area contributed by atoms with Crippen molar-refractivity contribution in [3.63, 3.8) is 0 Å². The second-order valence-corrected chi connectivity index (χ2v) is 5.26. The molecule has 0 amide bonds. The molecule has 1 aromatic heterocycles. The number of hydrogen-bond acceptors (Lipinski definition) is 6. The van der Waals surface area contributed by atoms with Gasteiger partial charge in [-0.05, 0) is 19.1 Å². The number of aromatic nitrogens is 2. The van der Waals surface area contributed by atoms with Gasteiger partial charge in [0.2, 0.25) is 0 Å². The molecule has 0 aliphatic heterocycles. The minimum atomic E-state index is -0.0254. The van der Waals surface area contributed by atoms with Gasteiger partial charge in [0.25, 0.3) is 0 Å². The maximum absolute atomic E-state index is 9.96. The average Bonchev–Trinajstić information content (AvgIpc) is 2.57. The molecular formula is C16H13ClN4O2. The van der Waals surface area contributed by atoms with Crippen molar-refractivity contribution in [2.24, 2.45) is 5.10 Å². The zero-order valence-corrected chi connectivity index (χ0v) is 12.9. The van der Waals surface area contributed by atoms with Crippen LogP contribution < -0.4 is 5.43 Å². The van der Waals surface area contributed by atoms with Gasteiger partial charge in [0.05, 0.1) is 6.21 Å². The molecule has 3 rings (SSSR count). The van der Waals surface area contributed by atoms with Gasteiger partial charge in [-0.3, -0.25) is 5.43 Å². The van der Waals surface area contributed by atoms with Crippen molar-refractivity contribution < 1.29 is 10.2 Å². The van der Waals surface area contributed by atoms with E-state index in [2.05, 4.69) is 20.7 Å². The van der Waals surface area contributed by atoms with Crippen LogP contribution in [0.2, 0.25) is 5.15 Å². The summed E-state index contributed by atoms with van der Waals surface area (Å²) in [7, 11) is 0. The molecule has 0 spiro atoms. The molecule has 0 bridgehead atoms. The molecule has 3 N–H and O–H groups in total. The molecule has 7 heteroatoms. The molecule has 1 heterocycles. The van der Waals surface area contributed by atoms with E-state index in [0.29, 0.717) is 22.1 Å². The number of nitrogens with one attached hydrogen (secondary N) is 1. The van der Waals surface area contributed by atoms with Crippen molar-refractivity contribution in [3.8, 4) is 11.5 Å². The van der Waals surface area contributed by atoms with E-state index in [0.717, 1.165) is 10.8 Å². The number of halogens is 1. The standard InChI is InChI=1S/C16H13ClN4O2/c1-9-13(22)7-6-10(14(9)23)8-18-20-16-12-5-3-2-4-11(12)15(17)19-21-16/h2-8,22-23H,1H3,(H,20,21)/b18-8+. The van der Waals surface area contributed by atoms with Crippen LogP contribution in [0.4, 0.5) is 5.82 Å². The molecule has 6 nitrogen and oxygen atoms in total. The van der Waals surface area contributed by atoms with Gasteiger partial charge in [0, 0.05) is 21.9 Å². The Kier molecular flexibility index (Phi) is 3.99. The predicted molar refractivity (Wildman–Crippen MR) is 90.3 cm³/mol. The summed E-state index contributed by atoms with van der Waals surface area (Å²) >= 11 is 6.02. The summed E-state index contributed by atoms with van der Waals surface area (Å²) in [6.07, 6.45) is 1.44. The Bertz CT molecular complexity index is 912. The molecule has 0 aliphatic carbocycles. The van der Waals surface area contributed by atoms with Crippen molar-refractivity contribution in [2.75, 3.05) is 5.43 Å². The van der Waals surface area contributed by atoms with Crippen LogP contribution in [0, 0.1) is 6.92 Å². The zero-order chi connectivity index (χ0) is 16.4. The first-order valence-electron chi connectivity index (χ1n) is 6.79. The van der Waals surface area contributed by atoms with Crippen LogP contribution >= 0.6 is 11.6 Å². The molecular weight excluding hydrogens is 316 g/mol. The molecule has 0 saturated heterocycles. The highest BCUT2D eigenvalue weighted by molar-refractivity contribution is 6.34. The highest BCUT2D eigenvalue weighted by Crippen LogP contribution is 2.28. The predicted octanol–water partition coefficient (Wildman–Crippen LogP) is 3.45. The summed E-state index contributed by atoms with van der Waals surface area (Å²) in [5.41, 5.74) is 3.65. The van der Waals surface area contributed by atoms with E-state index < -0.39 is 0 Å². The molecule has 0 fully saturated rings. The second kappa shape index (κ2) is 6.10. The summed E-state index contributed by atoms with van der Waals surface area (Å²) in [6, 6.07) is 10.5. The van der Waals surface area contributed by atoms with E-state index in [9.17, 15) is 10.2 Å². The SMILES string of the molecule is Cc1c(O)ccc(/C=N/Nc2nnc(Cl)c3ccccc23)c1O.